The van der Waals surface area contributed by atoms with Crippen molar-refractivity contribution in [1.82, 2.24) is 0 Å². The highest BCUT2D eigenvalue weighted by atomic mass is 79.9. The maximum atomic E-state index is 13.8. The molecule has 1 N–H and O–H groups in total. The molecule has 0 aliphatic carbocycles. The minimum absolute atomic E-state index is 0.267. The van der Waals surface area contributed by atoms with E-state index in [2.05, 4.69) is 15.9 Å². The average molecular weight is 324 g/mol. The van der Waals surface area contributed by atoms with Gasteiger partial charge in [-0.15, -0.1) is 0 Å². The van der Waals surface area contributed by atoms with E-state index in [0.29, 0.717) is 5.69 Å². The van der Waals surface area contributed by atoms with Gasteiger partial charge in [0.05, 0.1) is 17.5 Å². The third kappa shape index (κ3) is 2.96. The molecule has 0 bridgehead atoms. The Balaban J connectivity index is 2.40. The number of para-hydroxylation sites is 1. The van der Waals surface area contributed by atoms with Gasteiger partial charge in [0, 0.05) is 11.5 Å². The van der Waals surface area contributed by atoms with E-state index in [0.717, 1.165) is 15.7 Å². The molecule has 0 aliphatic heterocycles. The zero-order valence-electron chi connectivity index (χ0n) is 10.8. The molecule has 1 atom stereocenters. The number of hydrogen-bond acceptors (Lipinski definition) is 2. The molecule has 0 aliphatic rings. The first-order chi connectivity index (χ1) is 9.00. The fraction of sp³-hybridized carbons (Fsp3) is 0.200. The molecule has 0 fully saturated rings. The van der Waals surface area contributed by atoms with Gasteiger partial charge < -0.3 is 10.0 Å². The Labute approximate surface area is 120 Å². The summed E-state index contributed by atoms with van der Waals surface area (Å²) in [6.07, 6.45) is -0.524. The molecule has 0 amide bonds. The lowest BCUT2D eigenvalue weighted by atomic mass is 10.1. The van der Waals surface area contributed by atoms with Crippen molar-refractivity contribution >= 4 is 27.3 Å². The predicted octanol–water partition coefficient (Wildman–Crippen LogP) is 4.41. The molecule has 2 nitrogen and oxygen atoms in total. The van der Waals surface area contributed by atoms with E-state index >= 15 is 0 Å². The van der Waals surface area contributed by atoms with Crippen LogP contribution in [0.1, 0.15) is 18.6 Å². The Bertz CT molecular complexity index is 586. The largest absolute Gasteiger partial charge is 0.389 e. The first-order valence-corrected chi connectivity index (χ1v) is 6.75. The molecule has 0 saturated heterocycles. The normalized spacial score (nSPS) is 12.3. The van der Waals surface area contributed by atoms with E-state index in [4.69, 9.17) is 0 Å². The highest BCUT2D eigenvalue weighted by molar-refractivity contribution is 9.10. The Morgan fingerprint density at radius 2 is 1.84 bits per heavy atom. The van der Waals surface area contributed by atoms with Crippen molar-refractivity contribution in [2.24, 2.45) is 0 Å². The van der Waals surface area contributed by atoms with E-state index in [9.17, 15) is 9.50 Å². The number of nitrogens with zero attached hydrogens (tertiary/aromatic N) is 1. The lowest BCUT2D eigenvalue weighted by molar-refractivity contribution is 0.199. The zero-order chi connectivity index (χ0) is 14.0. The van der Waals surface area contributed by atoms with Gasteiger partial charge in [0.1, 0.15) is 5.82 Å². The number of aliphatic hydroxyl groups is 1. The number of rotatable bonds is 3. The maximum Gasteiger partial charge on any atom is 0.146 e. The average Bonchev–Trinajstić information content (AvgIpc) is 2.38. The summed E-state index contributed by atoms with van der Waals surface area (Å²) < 4.78 is 14.6. The third-order valence-electron chi connectivity index (χ3n) is 3.03. The first-order valence-electron chi connectivity index (χ1n) is 5.96. The highest BCUT2D eigenvalue weighted by Gasteiger charge is 2.13. The third-order valence-corrected chi connectivity index (χ3v) is 3.66. The quantitative estimate of drug-likeness (QED) is 0.904. The second-order valence-electron chi connectivity index (χ2n) is 4.40. The monoisotopic (exact) mass is 323 g/mol. The van der Waals surface area contributed by atoms with Crippen LogP contribution in [0.5, 0.6) is 0 Å². The summed E-state index contributed by atoms with van der Waals surface area (Å²) >= 11 is 3.46. The maximum absolute atomic E-state index is 13.8. The summed E-state index contributed by atoms with van der Waals surface area (Å²) in [6, 6.07) is 12.2. The lowest BCUT2D eigenvalue weighted by Crippen LogP contribution is -2.12. The number of anilines is 2. The van der Waals surface area contributed by atoms with Gasteiger partial charge in [0.15, 0.2) is 0 Å². The predicted molar refractivity (Wildman–Crippen MR) is 79.2 cm³/mol. The summed E-state index contributed by atoms with van der Waals surface area (Å²) in [4.78, 5) is 1.77. The SMILES string of the molecule is C[C@H](O)c1ccc(N(C)c2ccccc2F)c(Br)c1. The Morgan fingerprint density at radius 3 is 2.42 bits per heavy atom. The molecule has 100 valence electrons. The smallest absolute Gasteiger partial charge is 0.146 e. The fourth-order valence-corrected chi connectivity index (χ4v) is 2.57. The van der Waals surface area contributed by atoms with Crippen LogP contribution in [0.15, 0.2) is 46.9 Å². The van der Waals surface area contributed by atoms with Crippen molar-refractivity contribution in [2.45, 2.75) is 13.0 Å². The molecule has 0 saturated carbocycles. The molecule has 0 aromatic heterocycles. The number of benzene rings is 2. The van der Waals surface area contributed by atoms with Gasteiger partial charge in [0.2, 0.25) is 0 Å². The van der Waals surface area contributed by atoms with Crippen LogP contribution in [0.25, 0.3) is 0 Å². The molecule has 0 radical (unpaired) electrons. The van der Waals surface area contributed by atoms with Gasteiger partial charge >= 0.3 is 0 Å². The molecule has 2 aromatic rings. The highest BCUT2D eigenvalue weighted by Crippen LogP contribution is 2.33. The van der Waals surface area contributed by atoms with Crippen molar-refractivity contribution in [1.29, 1.82) is 0 Å². The minimum Gasteiger partial charge on any atom is -0.389 e. The van der Waals surface area contributed by atoms with Crippen LogP contribution in [0, 0.1) is 5.82 Å². The first kappa shape index (κ1) is 14.0. The Morgan fingerprint density at radius 1 is 1.16 bits per heavy atom. The van der Waals surface area contributed by atoms with Crippen LogP contribution in [0.2, 0.25) is 0 Å². The van der Waals surface area contributed by atoms with E-state index in [1.165, 1.54) is 6.07 Å². The van der Waals surface area contributed by atoms with Gasteiger partial charge in [-0.1, -0.05) is 18.2 Å². The van der Waals surface area contributed by atoms with Crippen molar-refractivity contribution < 1.29 is 9.50 Å². The van der Waals surface area contributed by atoms with E-state index in [1.54, 1.807) is 37.1 Å². The van der Waals surface area contributed by atoms with Crippen molar-refractivity contribution in [3.63, 3.8) is 0 Å². The summed E-state index contributed by atoms with van der Waals surface area (Å²) in [5.74, 6) is -0.267. The molecule has 19 heavy (non-hydrogen) atoms. The minimum atomic E-state index is -0.524. The second-order valence-corrected chi connectivity index (χ2v) is 5.25. The van der Waals surface area contributed by atoms with Crippen LogP contribution in [-0.4, -0.2) is 12.2 Å². The number of aliphatic hydroxyl groups excluding tert-OH is 1. The standard InChI is InChI=1S/C15H15BrFNO/c1-10(19)11-7-8-14(12(16)9-11)18(2)15-6-4-3-5-13(15)17/h3-10,19H,1-2H3/t10-/m0/s1. The molecular formula is C15H15BrFNO. The summed E-state index contributed by atoms with van der Waals surface area (Å²) in [6.45, 7) is 1.71. The van der Waals surface area contributed by atoms with E-state index in [1.807, 2.05) is 18.2 Å². The van der Waals surface area contributed by atoms with Gasteiger partial charge in [-0.2, -0.15) is 0 Å². The van der Waals surface area contributed by atoms with Crippen LogP contribution < -0.4 is 4.90 Å². The van der Waals surface area contributed by atoms with E-state index in [-0.39, 0.29) is 5.82 Å². The van der Waals surface area contributed by atoms with E-state index < -0.39 is 6.10 Å². The molecule has 2 aromatic carbocycles. The molecule has 0 spiro atoms. The molecular weight excluding hydrogens is 309 g/mol. The van der Waals surface area contributed by atoms with Crippen molar-refractivity contribution in [3.05, 3.63) is 58.3 Å². The Hall–Kier alpha value is -1.39. The van der Waals surface area contributed by atoms with Crippen LogP contribution in [0.4, 0.5) is 15.8 Å². The molecule has 0 heterocycles. The number of hydrogen-bond donors (Lipinski definition) is 1. The molecule has 2 rings (SSSR count). The fourth-order valence-electron chi connectivity index (χ4n) is 1.91. The van der Waals surface area contributed by atoms with Gasteiger partial charge in [0.25, 0.3) is 0 Å². The second kappa shape index (κ2) is 5.72. The van der Waals surface area contributed by atoms with Crippen LogP contribution in [-0.2, 0) is 0 Å². The molecule has 4 heteroatoms. The number of halogens is 2. The van der Waals surface area contributed by atoms with Gasteiger partial charge in [-0.25, -0.2) is 4.39 Å². The Kier molecular flexibility index (Phi) is 4.22. The van der Waals surface area contributed by atoms with Gasteiger partial charge in [-0.05, 0) is 52.7 Å². The topological polar surface area (TPSA) is 23.5 Å². The molecule has 0 unspecified atom stereocenters. The summed E-state index contributed by atoms with van der Waals surface area (Å²) in [5.41, 5.74) is 2.17. The van der Waals surface area contributed by atoms with Crippen molar-refractivity contribution in [2.75, 3.05) is 11.9 Å². The summed E-state index contributed by atoms with van der Waals surface area (Å²) in [5, 5.41) is 9.54. The van der Waals surface area contributed by atoms with Crippen molar-refractivity contribution in [3.8, 4) is 0 Å². The zero-order valence-corrected chi connectivity index (χ0v) is 12.4. The van der Waals surface area contributed by atoms with Gasteiger partial charge in [-0.3, -0.25) is 0 Å². The summed E-state index contributed by atoms with van der Waals surface area (Å²) in [7, 11) is 1.81. The lowest BCUT2D eigenvalue weighted by Gasteiger charge is -2.22. The van der Waals surface area contributed by atoms with Crippen LogP contribution in [0.3, 0.4) is 0 Å². The van der Waals surface area contributed by atoms with Crippen LogP contribution >= 0.6 is 15.9 Å².